The number of ether oxygens (including phenoxy) is 1. The fourth-order valence-electron chi connectivity index (χ4n) is 2.14. The van der Waals surface area contributed by atoms with Gasteiger partial charge in [-0.15, -0.1) is 0 Å². The normalized spacial score (nSPS) is 19.4. The summed E-state index contributed by atoms with van der Waals surface area (Å²) in [5.74, 6) is -0.157. The zero-order chi connectivity index (χ0) is 19.1. The van der Waals surface area contributed by atoms with E-state index < -0.39 is 0 Å². The first kappa shape index (κ1) is 24.8. The van der Waals surface area contributed by atoms with Gasteiger partial charge < -0.3 is 21.1 Å². The highest BCUT2D eigenvalue weighted by atomic mass is 16.5. The second kappa shape index (κ2) is 15.1. The van der Waals surface area contributed by atoms with Crippen molar-refractivity contribution in [3.05, 3.63) is 11.8 Å². The van der Waals surface area contributed by atoms with Crippen LogP contribution in [0.5, 0.6) is 0 Å². The Morgan fingerprint density at radius 3 is 2.21 bits per heavy atom. The van der Waals surface area contributed by atoms with Gasteiger partial charge in [0, 0.05) is 38.5 Å². The molecule has 1 aliphatic heterocycles. The van der Waals surface area contributed by atoms with Crippen molar-refractivity contribution in [3.8, 4) is 0 Å². The number of carbonyl (C=O) groups is 2. The lowest BCUT2D eigenvalue weighted by Crippen LogP contribution is -2.35. The number of hydrogen-bond donors (Lipinski definition) is 2. The maximum Gasteiger partial charge on any atom is 0.250 e. The molecule has 4 N–H and O–H groups in total. The Labute approximate surface area is 147 Å². The molecule has 7 heteroatoms. The highest BCUT2D eigenvalue weighted by Gasteiger charge is 2.28. The van der Waals surface area contributed by atoms with E-state index in [1.165, 1.54) is 16.0 Å². The number of amides is 2. The second-order valence-corrected chi connectivity index (χ2v) is 4.91. The molecule has 0 bridgehead atoms. The Hall–Kier alpha value is -1.44. The van der Waals surface area contributed by atoms with Crippen molar-refractivity contribution in [2.24, 2.45) is 11.5 Å². The van der Waals surface area contributed by atoms with Gasteiger partial charge in [-0.2, -0.15) is 0 Å². The highest BCUT2D eigenvalue weighted by Crippen LogP contribution is 2.22. The zero-order valence-electron chi connectivity index (χ0n) is 16.1. The van der Waals surface area contributed by atoms with Crippen LogP contribution in [0.4, 0.5) is 0 Å². The molecule has 0 saturated carbocycles. The molecule has 7 nitrogen and oxygen atoms in total. The molecule has 1 rings (SSSR count). The van der Waals surface area contributed by atoms with E-state index in [0.29, 0.717) is 31.6 Å². The smallest absolute Gasteiger partial charge is 0.250 e. The molecule has 2 unspecified atom stereocenters. The highest BCUT2D eigenvalue weighted by molar-refractivity contribution is 5.92. The first-order chi connectivity index (χ1) is 11.5. The van der Waals surface area contributed by atoms with Crippen molar-refractivity contribution < 1.29 is 14.3 Å². The lowest BCUT2D eigenvalue weighted by Gasteiger charge is -2.23. The number of nitrogens with zero attached hydrogens (tertiary/aromatic N) is 2. The lowest BCUT2D eigenvalue weighted by molar-refractivity contribution is -0.127. The van der Waals surface area contributed by atoms with Crippen molar-refractivity contribution in [1.29, 1.82) is 0 Å². The number of likely N-dealkylation sites (N-methyl/N-ethyl adjacent to an activating group) is 1. The first-order valence-electron chi connectivity index (χ1n) is 8.75. The quantitative estimate of drug-likeness (QED) is 0.535. The minimum Gasteiger partial charge on any atom is -0.353 e. The third-order valence-electron chi connectivity index (χ3n) is 3.29. The minimum atomic E-state index is -0.344. The molecular formula is C17H36N4O3. The van der Waals surface area contributed by atoms with Gasteiger partial charge in [-0.05, 0) is 19.8 Å². The van der Waals surface area contributed by atoms with E-state index >= 15 is 0 Å². The number of nitrogens with two attached hydrogens (primary N) is 2. The van der Waals surface area contributed by atoms with Gasteiger partial charge >= 0.3 is 0 Å². The van der Waals surface area contributed by atoms with Crippen LogP contribution in [-0.2, 0) is 14.3 Å². The van der Waals surface area contributed by atoms with Crippen LogP contribution < -0.4 is 11.5 Å². The Kier molecular flexibility index (Phi) is 15.6. The van der Waals surface area contributed by atoms with Crippen molar-refractivity contribution in [2.75, 3.05) is 26.7 Å². The van der Waals surface area contributed by atoms with Gasteiger partial charge in [0.1, 0.15) is 6.23 Å². The largest absolute Gasteiger partial charge is 0.353 e. The molecular weight excluding hydrogens is 308 g/mol. The van der Waals surface area contributed by atoms with Gasteiger partial charge in [-0.1, -0.05) is 27.7 Å². The van der Waals surface area contributed by atoms with Crippen LogP contribution in [0.25, 0.3) is 0 Å². The molecule has 0 aromatic heterocycles. The van der Waals surface area contributed by atoms with Crippen LogP contribution in [-0.4, -0.2) is 61.1 Å². The minimum absolute atomic E-state index is 0.0215. The van der Waals surface area contributed by atoms with Crippen molar-refractivity contribution in [2.45, 2.75) is 59.8 Å². The third-order valence-corrected chi connectivity index (χ3v) is 3.29. The van der Waals surface area contributed by atoms with Crippen molar-refractivity contribution >= 4 is 12.3 Å². The predicted molar refractivity (Wildman–Crippen MR) is 98.0 cm³/mol. The molecule has 0 radical (unpaired) electrons. The van der Waals surface area contributed by atoms with Crippen LogP contribution in [0, 0.1) is 0 Å². The molecule has 0 spiro atoms. The maximum atomic E-state index is 12.0. The summed E-state index contributed by atoms with van der Waals surface area (Å²) in [6.45, 7) is 11.0. The van der Waals surface area contributed by atoms with Crippen LogP contribution >= 0.6 is 0 Å². The SMILES string of the molecule is C/C(=C/N(C=O)C1CCC(CN)O1)C(=O)N(C)CCN.CC.CC. The van der Waals surface area contributed by atoms with Crippen molar-refractivity contribution in [1.82, 2.24) is 9.80 Å². The molecule has 0 aromatic rings. The zero-order valence-corrected chi connectivity index (χ0v) is 16.1. The van der Waals surface area contributed by atoms with Gasteiger partial charge in [-0.3, -0.25) is 14.5 Å². The molecule has 2 atom stereocenters. The van der Waals surface area contributed by atoms with E-state index in [2.05, 4.69) is 0 Å². The van der Waals surface area contributed by atoms with Crippen LogP contribution in [0.2, 0.25) is 0 Å². The molecule has 0 aliphatic carbocycles. The number of hydrogen-bond acceptors (Lipinski definition) is 5. The van der Waals surface area contributed by atoms with E-state index in [9.17, 15) is 9.59 Å². The van der Waals surface area contributed by atoms with E-state index in [4.69, 9.17) is 16.2 Å². The van der Waals surface area contributed by atoms with Crippen LogP contribution in [0.1, 0.15) is 47.5 Å². The molecule has 1 fully saturated rings. The molecule has 2 amide bonds. The fourth-order valence-corrected chi connectivity index (χ4v) is 2.14. The standard InChI is InChI=1S/C13H24N4O3.2C2H6/c1-10(13(19)16(2)6-5-14)8-17(9-18)12-4-3-11(7-15)20-12;2*1-2/h8-9,11-12H,3-7,14-15H2,1-2H3;2*1-2H3/b10-8-;;. The second-order valence-electron chi connectivity index (χ2n) is 4.91. The van der Waals surface area contributed by atoms with E-state index in [1.54, 1.807) is 14.0 Å². The average Bonchev–Trinajstić information content (AvgIpc) is 3.11. The Morgan fingerprint density at radius 2 is 1.79 bits per heavy atom. The Morgan fingerprint density at radius 1 is 1.21 bits per heavy atom. The van der Waals surface area contributed by atoms with Gasteiger partial charge in [0.15, 0.2) is 0 Å². The lowest BCUT2D eigenvalue weighted by atomic mass is 10.2. The van der Waals surface area contributed by atoms with E-state index in [-0.39, 0.29) is 18.2 Å². The summed E-state index contributed by atoms with van der Waals surface area (Å²) in [5.41, 5.74) is 11.4. The Balaban J connectivity index is 0. The summed E-state index contributed by atoms with van der Waals surface area (Å²) in [4.78, 5) is 26.1. The van der Waals surface area contributed by atoms with E-state index in [1.807, 2.05) is 27.7 Å². The molecule has 1 saturated heterocycles. The van der Waals surface area contributed by atoms with E-state index in [0.717, 1.165) is 12.8 Å². The van der Waals surface area contributed by atoms with Gasteiger partial charge in [0.2, 0.25) is 6.41 Å². The Bertz CT molecular complexity index is 375. The summed E-state index contributed by atoms with van der Waals surface area (Å²) in [7, 11) is 1.67. The fraction of sp³-hybridized carbons (Fsp3) is 0.765. The average molecular weight is 345 g/mol. The molecule has 142 valence electrons. The van der Waals surface area contributed by atoms with Crippen LogP contribution in [0.15, 0.2) is 11.8 Å². The summed E-state index contributed by atoms with van der Waals surface area (Å²) in [5, 5.41) is 0. The van der Waals surface area contributed by atoms with Gasteiger partial charge in [0.25, 0.3) is 5.91 Å². The molecule has 24 heavy (non-hydrogen) atoms. The monoisotopic (exact) mass is 344 g/mol. The number of rotatable bonds is 7. The molecule has 1 aliphatic rings. The third kappa shape index (κ3) is 8.42. The molecule has 0 aromatic carbocycles. The topological polar surface area (TPSA) is 102 Å². The summed E-state index contributed by atoms with van der Waals surface area (Å²) in [6.07, 6.45) is 3.36. The maximum absolute atomic E-state index is 12.0. The summed E-state index contributed by atoms with van der Waals surface area (Å²) in [6, 6.07) is 0. The van der Waals surface area contributed by atoms with Gasteiger partial charge in [0.05, 0.1) is 6.10 Å². The van der Waals surface area contributed by atoms with Crippen molar-refractivity contribution in [3.63, 3.8) is 0 Å². The predicted octanol–water partition coefficient (Wildman–Crippen LogP) is 1.28. The summed E-state index contributed by atoms with van der Waals surface area (Å²) >= 11 is 0. The molecule has 1 heterocycles. The van der Waals surface area contributed by atoms with Crippen LogP contribution in [0.3, 0.4) is 0 Å². The summed E-state index contributed by atoms with van der Waals surface area (Å²) < 4.78 is 5.63. The first-order valence-corrected chi connectivity index (χ1v) is 8.75. The van der Waals surface area contributed by atoms with Gasteiger partial charge in [-0.25, -0.2) is 0 Å². The number of carbonyl (C=O) groups excluding carboxylic acids is 2.